The molecule has 27 heavy (non-hydrogen) atoms. The molecule has 0 radical (unpaired) electrons. The lowest BCUT2D eigenvalue weighted by Gasteiger charge is -2.32. The second-order valence-electron chi connectivity index (χ2n) is 8.13. The molecule has 6 heteroatoms. The third-order valence-electron chi connectivity index (χ3n) is 5.79. The zero-order chi connectivity index (χ0) is 19.6. The van der Waals surface area contributed by atoms with Crippen molar-refractivity contribution in [1.29, 1.82) is 0 Å². The molecule has 0 unspecified atom stereocenters. The third-order valence-corrected chi connectivity index (χ3v) is 5.79. The van der Waals surface area contributed by atoms with Crippen molar-refractivity contribution in [2.75, 3.05) is 4.90 Å². The fourth-order valence-electron chi connectivity index (χ4n) is 3.40. The molecule has 0 atom stereocenters. The van der Waals surface area contributed by atoms with Crippen LogP contribution in [-0.4, -0.2) is 30.1 Å². The average molecular weight is 363 g/mol. The van der Waals surface area contributed by atoms with Crippen LogP contribution in [0.3, 0.4) is 0 Å². The number of carbonyl (C=O) groups excluding carboxylic acids is 2. The monoisotopic (exact) mass is 363 g/mol. The van der Waals surface area contributed by atoms with E-state index in [2.05, 4.69) is 0 Å². The van der Waals surface area contributed by atoms with Gasteiger partial charge >= 0.3 is 7.12 Å². The van der Waals surface area contributed by atoms with Crippen molar-refractivity contribution in [2.24, 2.45) is 0 Å². The maximum absolute atomic E-state index is 12.8. The molecule has 2 aromatic rings. The summed E-state index contributed by atoms with van der Waals surface area (Å²) in [7, 11) is -0.551. The van der Waals surface area contributed by atoms with Gasteiger partial charge in [0, 0.05) is 0 Å². The summed E-state index contributed by atoms with van der Waals surface area (Å²) in [5.41, 5.74) is 2.13. The molecule has 2 amide bonds. The van der Waals surface area contributed by atoms with Crippen molar-refractivity contribution in [3.8, 4) is 0 Å². The Balaban J connectivity index is 1.73. The van der Waals surface area contributed by atoms with Crippen LogP contribution in [0.4, 0.5) is 5.69 Å². The Morgan fingerprint density at radius 3 is 1.89 bits per heavy atom. The van der Waals surface area contributed by atoms with Crippen LogP contribution >= 0.6 is 0 Å². The summed E-state index contributed by atoms with van der Waals surface area (Å²) in [6, 6.07) is 12.5. The molecular weight excluding hydrogens is 341 g/mol. The van der Waals surface area contributed by atoms with Crippen molar-refractivity contribution in [2.45, 2.75) is 45.8 Å². The number of rotatable bonds is 2. The van der Waals surface area contributed by atoms with Crippen LogP contribution in [0, 0.1) is 6.92 Å². The van der Waals surface area contributed by atoms with E-state index in [1.54, 1.807) is 24.3 Å². The zero-order valence-electron chi connectivity index (χ0n) is 16.2. The first kappa shape index (κ1) is 18.0. The Morgan fingerprint density at radius 2 is 1.37 bits per heavy atom. The van der Waals surface area contributed by atoms with Gasteiger partial charge in [0.25, 0.3) is 11.8 Å². The van der Waals surface area contributed by atoms with Gasteiger partial charge in [0.05, 0.1) is 28.0 Å². The number of amides is 2. The van der Waals surface area contributed by atoms with E-state index < -0.39 is 18.3 Å². The predicted molar refractivity (Wildman–Crippen MR) is 104 cm³/mol. The van der Waals surface area contributed by atoms with Gasteiger partial charge in [-0.25, -0.2) is 4.90 Å². The summed E-state index contributed by atoms with van der Waals surface area (Å²) >= 11 is 0. The number of aryl methyl sites for hydroxylation is 1. The number of fused-ring (bicyclic) bond motifs is 1. The van der Waals surface area contributed by atoms with Gasteiger partial charge in [-0.15, -0.1) is 0 Å². The summed E-state index contributed by atoms with van der Waals surface area (Å²) in [5, 5.41) is 0. The van der Waals surface area contributed by atoms with Gasteiger partial charge < -0.3 is 9.31 Å². The number of carbonyl (C=O) groups is 2. The largest absolute Gasteiger partial charge is 0.494 e. The highest BCUT2D eigenvalue weighted by Gasteiger charge is 2.52. The van der Waals surface area contributed by atoms with Gasteiger partial charge in [-0.2, -0.15) is 0 Å². The van der Waals surface area contributed by atoms with Crippen LogP contribution in [0.1, 0.15) is 54.0 Å². The highest BCUT2D eigenvalue weighted by molar-refractivity contribution is 6.62. The first-order chi connectivity index (χ1) is 12.6. The maximum atomic E-state index is 12.8. The maximum Gasteiger partial charge on any atom is 0.494 e. The lowest BCUT2D eigenvalue weighted by Crippen LogP contribution is -2.41. The Labute approximate surface area is 159 Å². The van der Waals surface area contributed by atoms with Crippen LogP contribution < -0.4 is 10.4 Å². The van der Waals surface area contributed by atoms with Crippen LogP contribution in [0.25, 0.3) is 0 Å². The second-order valence-corrected chi connectivity index (χ2v) is 8.13. The Kier molecular flexibility index (Phi) is 3.84. The van der Waals surface area contributed by atoms with Crippen LogP contribution in [0.2, 0.25) is 0 Å². The van der Waals surface area contributed by atoms with Gasteiger partial charge in [-0.3, -0.25) is 9.59 Å². The molecule has 2 aliphatic rings. The van der Waals surface area contributed by atoms with Crippen molar-refractivity contribution < 1.29 is 18.9 Å². The molecule has 4 rings (SSSR count). The fraction of sp³-hybridized carbons (Fsp3) is 0.333. The molecule has 5 nitrogen and oxygen atoms in total. The van der Waals surface area contributed by atoms with E-state index in [1.165, 1.54) is 4.90 Å². The number of nitrogens with zero attached hydrogens (tertiary/aromatic N) is 1. The van der Waals surface area contributed by atoms with Crippen molar-refractivity contribution >= 4 is 30.1 Å². The average Bonchev–Trinajstić information content (AvgIpc) is 2.98. The van der Waals surface area contributed by atoms with Gasteiger partial charge in [0.2, 0.25) is 0 Å². The van der Waals surface area contributed by atoms with Gasteiger partial charge in [-0.1, -0.05) is 24.3 Å². The lowest BCUT2D eigenvalue weighted by molar-refractivity contribution is 0.00578. The first-order valence-corrected chi connectivity index (χ1v) is 9.06. The van der Waals surface area contributed by atoms with Crippen molar-refractivity contribution in [3.63, 3.8) is 0 Å². The predicted octanol–water partition coefficient (Wildman–Crippen LogP) is 3.09. The van der Waals surface area contributed by atoms with E-state index in [0.29, 0.717) is 16.8 Å². The third kappa shape index (κ3) is 2.63. The molecule has 2 aliphatic heterocycles. The van der Waals surface area contributed by atoms with E-state index in [9.17, 15) is 9.59 Å². The van der Waals surface area contributed by atoms with Gasteiger partial charge in [0.15, 0.2) is 0 Å². The quantitative estimate of drug-likeness (QED) is 0.608. The van der Waals surface area contributed by atoms with E-state index in [1.807, 2.05) is 52.8 Å². The number of anilines is 1. The molecule has 2 aromatic carbocycles. The molecule has 0 spiro atoms. The Hall–Kier alpha value is -2.44. The van der Waals surface area contributed by atoms with E-state index >= 15 is 0 Å². The number of hydrogen-bond donors (Lipinski definition) is 0. The number of benzene rings is 2. The zero-order valence-corrected chi connectivity index (χ0v) is 16.2. The summed E-state index contributed by atoms with van der Waals surface area (Å²) < 4.78 is 12.2. The second kappa shape index (κ2) is 5.78. The molecule has 2 heterocycles. The lowest BCUT2D eigenvalue weighted by atomic mass is 9.78. The van der Waals surface area contributed by atoms with E-state index in [4.69, 9.17) is 9.31 Å². The van der Waals surface area contributed by atoms with Crippen molar-refractivity contribution in [1.82, 2.24) is 0 Å². The van der Waals surface area contributed by atoms with Crippen molar-refractivity contribution in [3.05, 3.63) is 59.2 Å². The summed E-state index contributed by atoms with van der Waals surface area (Å²) in [6.07, 6.45) is 0. The van der Waals surface area contributed by atoms with Crippen LogP contribution in [-0.2, 0) is 9.31 Å². The Bertz CT molecular complexity index is 915. The number of imide groups is 1. The summed E-state index contributed by atoms with van der Waals surface area (Å²) in [4.78, 5) is 26.9. The summed E-state index contributed by atoms with van der Waals surface area (Å²) in [6.45, 7) is 9.85. The van der Waals surface area contributed by atoms with E-state index in [0.717, 1.165) is 11.0 Å². The van der Waals surface area contributed by atoms with Crippen LogP contribution in [0.15, 0.2) is 42.5 Å². The molecule has 0 saturated carbocycles. The minimum atomic E-state index is -0.551. The minimum absolute atomic E-state index is 0.301. The molecule has 1 saturated heterocycles. The SMILES string of the molecule is Cc1ccc(B2OC(C)(C)C(C)(C)O2)cc1N1C(=O)c2ccccc2C1=O. The fourth-order valence-corrected chi connectivity index (χ4v) is 3.40. The number of hydrogen-bond acceptors (Lipinski definition) is 4. The van der Waals surface area contributed by atoms with Gasteiger partial charge in [0.1, 0.15) is 0 Å². The standard InChI is InChI=1S/C21H22BNO4/c1-13-10-11-14(22-26-20(2,3)21(4,5)27-22)12-17(13)23-18(24)15-8-6-7-9-16(15)19(23)25/h6-12H,1-5H3. The van der Waals surface area contributed by atoms with Gasteiger partial charge in [-0.05, 0) is 63.8 Å². The molecule has 1 fully saturated rings. The smallest absolute Gasteiger partial charge is 0.399 e. The first-order valence-electron chi connectivity index (χ1n) is 9.06. The summed E-state index contributed by atoms with van der Waals surface area (Å²) in [5.74, 6) is -0.602. The molecule has 0 bridgehead atoms. The Morgan fingerprint density at radius 1 is 0.852 bits per heavy atom. The molecule has 0 N–H and O–H groups in total. The topological polar surface area (TPSA) is 55.8 Å². The minimum Gasteiger partial charge on any atom is -0.399 e. The molecule has 0 aromatic heterocycles. The van der Waals surface area contributed by atoms with Crippen LogP contribution in [0.5, 0.6) is 0 Å². The molecular formula is C21H22BNO4. The normalized spacial score (nSPS) is 20.3. The van der Waals surface area contributed by atoms with E-state index in [-0.39, 0.29) is 11.8 Å². The molecule has 138 valence electrons. The highest BCUT2D eigenvalue weighted by atomic mass is 16.7. The highest BCUT2D eigenvalue weighted by Crippen LogP contribution is 2.37. The molecule has 0 aliphatic carbocycles.